The molecule has 0 spiro atoms. The predicted octanol–water partition coefficient (Wildman–Crippen LogP) is 2.99. The molecule has 1 heterocycles. The smallest absolute Gasteiger partial charge is 0.355 e. The molecule has 110 valence electrons. The van der Waals surface area contributed by atoms with Gasteiger partial charge < -0.3 is 15.0 Å². The largest absolute Gasteiger partial charge is 0.448 e. The van der Waals surface area contributed by atoms with Crippen molar-refractivity contribution in [2.24, 2.45) is 0 Å². The van der Waals surface area contributed by atoms with Crippen LogP contribution < -0.4 is 5.32 Å². The molecule has 2 N–H and O–H groups in total. The van der Waals surface area contributed by atoms with Crippen LogP contribution in [0.15, 0.2) is 36.5 Å². The molecule has 1 atom stereocenters. The first kappa shape index (κ1) is 15.1. The normalized spacial score (nSPS) is 11.8. The highest BCUT2D eigenvalue weighted by Crippen LogP contribution is 2.22. The van der Waals surface area contributed by atoms with Crippen LogP contribution in [-0.2, 0) is 9.53 Å². The summed E-state index contributed by atoms with van der Waals surface area (Å²) in [7, 11) is 0. The van der Waals surface area contributed by atoms with Gasteiger partial charge in [-0.15, -0.1) is 0 Å². The van der Waals surface area contributed by atoms with Gasteiger partial charge >= 0.3 is 5.97 Å². The Morgan fingerprint density at radius 3 is 2.76 bits per heavy atom. The number of H-pyrrole nitrogens is 1. The van der Waals surface area contributed by atoms with Crippen molar-refractivity contribution in [3.63, 3.8) is 0 Å². The summed E-state index contributed by atoms with van der Waals surface area (Å²) in [5.41, 5.74) is 0.486. The van der Waals surface area contributed by atoms with Gasteiger partial charge in [-0.1, -0.05) is 11.6 Å². The van der Waals surface area contributed by atoms with Crippen LogP contribution >= 0.6 is 11.6 Å². The van der Waals surface area contributed by atoms with Crippen molar-refractivity contribution < 1.29 is 18.7 Å². The van der Waals surface area contributed by atoms with Crippen molar-refractivity contribution in [1.29, 1.82) is 0 Å². The molecule has 21 heavy (non-hydrogen) atoms. The third-order valence-electron chi connectivity index (χ3n) is 2.66. The molecule has 1 aromatic heterocycles. The Hall–Kier alpha value is -2.34. The summed E-state index contributed by atoms with van der Waals surface area (Å²) < 4.78 is 17.9. The molecule has 0 radical (unpaired) electrons. The summed E-state index contributed by atoms with van der Waals surface area (Å²) in [6, 6.07) is 6.74. The molecule has 0 saturated heterocycles. The van der Waals surface area contributed by atoms with E-state index in [0.717, 1.165) is 12.1 Å². The monoisotopic (exact) mass is 310 g/mol. The molecule has 1 amide bonds. The zero-order valence-corrected chi connectivity index (χ0v) is 11.8. The number of anilines is 1. The summed E-state index contributed by atoms with van der Waals surface area (Å²) in [5, 5.41) is 2.52. The second-order valence-electron chi connectivity index (χ2n) is 4.24. The van der Waals surface area contributed by atoms with Crippen LogP contribution in [0.3, 0.4) is 0 Å². The zero-order chi connectivity index (χ0) is 15.4. The lowest BCUT2D eigenvalue weighted by molar-refractivity contribution is -0.123. The van der Waals surface area contributed by atoms with Gasteiger partial charge in [-0.25, -0.2) is 9.18 Å². The number of aromatic nitrogens is 1. The van der Waals surface area contributed by atoms with Crippen LogP contribution in [0.4, 0.5) is 10.1 Å². The maximum absolute atomic E-state index is 12.9. The molecule has 7 heteroatoms. The molecule has 1 aromatic carbocycles. The molecule has 0 aliphatic heterocycles. The number of esters is 1. The first-order valence-corrected chi connectivity index (χ1v) is 6.45. The first-order chi connectivity index (χ1) is 9.97. The highest BCUT2D eigenvalue weighted by atomic mass is 35.5. The average molecular weight is 311 g/mol. The molecule has 0 saturated carbocycles. The standard InChI is InChI=1S/C14H12ClFN2O3/c1-8(21-14(20)12-3-2-6-17-12)13(19)18-11-5-4-9(16)7-10(11)15/h2-8,17H,1H3,(H,18,19)/t8-/m0/s1. The second kappa shape index (κ2) is 6.41. The van der Waals surface area contributed by atoms with Gasteiger partial charge in [-0.05, 0) is 37.3 Å². The fourth-order valence-electron chi connectivity index (χ4n) is 1.56. The lowest BCUT2D eigenvalue weighted by Gasteiger charge is -2.13. The van der Waals surface area contributed by atoms with Crippen molar-refractivity contribution >= 4 is 29.2 Å². The van der Waals surface area contributed by atoms with Crippen LogP contribution in [-0.4, -0.2) is 23.0 Å². The Labute approximate surface area is 125 Å². The maximum atomic E-state index is 12.9. The van der Waals surface area contributed by atoms with E-state index in [4.69, 9.17) is 16.3 Å². The van der Waals surface area contributed by atoms with Crippen LogP contribution in [0.25, 0.3) is 0 Å². The van der Waals surface area contributed by atoms with E-state index in [-0.39, 0.29) is 16.4 Å². The third kappa shape index (κ3) is 3.82. The Balaban J connectivity index is 1.98. The molecule has 0 fully saturated rings. The van der Waals surface area contributed by atoms with Gasteiger partial charge in [0, 0.05) is 6.20 Å². The Morgan fingerprint density at radius 1 is 1.38 bits per heavy atom. The van der Waals surface area contributed by atoms with E-state index in [9.17, 15) is 14.0 Å². The molecule has 5 nitrogen and oxygen atoms in total. The Kier molecular flexibility index (Phi) is 4.59. The highest BCUT2D eigenvalue weighted by Gasteiger charge is 2.20. The number of amides is 1. The van der Waals surface area contributed by atoms with E-state index in [1.54, 1.807) is 12.3 Å². The minimum Gasteiger partial charge on any atom is -0.448 e. The van der Waals surface area contributed by atoms with Crippen LogP contribution in [0.5, 0.6) is 0 Å². The van der Waals surface area contributed by atoms with Crippen molar-refractivity contribution in [3.8, 4) is 0 Å². The maximum Gasteiger partial charge on any atom is 0.355 e. The van der Waals surface area contributed by atoms with Crippen LogP contribution in [0, 0.1) is 5.82 Å². The Morgan fingerprint density at radius 2 is 2.14 bits per heavy atom. The number of ether oxygens (including phenoxy) is 1. The topological polar surface area (TPSA) is 71.2 Å². The summed E-state index contributed by atoms with van der Waals surface area (Å²) >= 11 is 5.80. The number of rotatable bonds is 4. The Bertz CT molecular complexity index is 658. The zero-order valence-electron chi connectivity index (χ0n) is 11.0. The number of aromatic amines is 1. The summed E-state index contributed by atoms with van der Waals surface area (Å²) in [6.07, 6.45) is 0.543. The summed E-state index contributed by atoms with van der Waals surface area (Å²) in [4.78, 5) is 26.3. The van der Waals surface area contributed by atoms with Crippen molar-refractivity contribution in [3.05, 3.63) is 53.1 Å². The summed E-state index contributed by atoms with van der Waals surface area (Å²) in [5.74, 6) is -1.72. The number of hydrogen-bond donors (Lipinski definition) is 2. The van der Waals surface area contributed by atoms with E-state index in [1.807, 2.05) is 0 Å². The lowest BCUT2D eigenvalue weighted by atomic mass is 10.3. The van der Waals surface area contributed by atoms with Gasteiger partial charge in [0.1, 0.15) is 11.5 Å². The summed E-state index contributed by atoms with van der Waals surface area (Å²) in [6.45, 7) is 1.42. The van der Waals surface area contributed by atoms with E-state index in [0.29, 0.717) is 0 Å². The molecule has 0 unspecified atom stereocenters. The fraction of sp³-hybridized carbons (Fsp3) is 0.143. The molecule has 0 aliphatic rings. The number of benzene rings is 1. The molecule has 0 bridgehead atoms. The molecule has 2 aromatic rings. The molecule has 0 aliphatic carbocycles. The highest BCUT2D eigenvalue weighted by molar-refractivity contribution is 6.33. The van der Waals surface area contributed by atoms with Gasteiger partial charge in [0.25, 0.3) is 5.91 Å². The van der Waals surface area contributed by atoms with Crippen molar-refractivity contribution in [2.45, 2.75) is 13.0 Å². The van der Waals surface area contributed by atoms with Gasteiger partial charge in [0.2, 0.25) is 0 Å². The molecular weight excluding hydrogens is 299 g/mol. The number of nitrogens with one attached hydrogen (secondary N) is 2. The van der Waals surface area contributed by atoms with E-state index < -0.39 is 23.8 Å². The van der Waals surface area contributed by atoms with Crippen molar-refractivity contribution in [1.82, 2.24) is 4.98 Å². The van der Waals surface area contributed by atoms with Gasteiger partial charge in [-0.2, -0.15) is 0 Å². The molecule has 2 rings (SSSR count). The van der Waals surface area contributed by atoms with Gasteiger partial charge in [0.15, 0.2) is 6.10 Å². The number of carbonyl (C=O) groups is 2. The third-order valence-corrected chi connectivity index (χ3v) is 2.97. The van der Waals surface area contributed by atoms with E-state index in [2.05, 4.69) is 10.3 Å². The first-order valence-electron chi connectivity index (χ1n) is 6.07. The second-order valence-corrected chi connectivity index (χ2v) is 4.65. The van der Waals surface area contributed by atoms with E-state index >= 15 is 0 Å². The number of halogens is 2. The SMILES string of the molecule is C[C@H](OC(=O)c1ccc[nH]1)C(=O)Nc1ccc(F)cc1Cl. The van der Waals surface area contributed by atoms with Gasteiger partial charge in [0.05, 0.1) is 10.7 Å². The van der Waals surface area contributed by atoms with Crippen LogP contribution in [0.2, 0.25) is 5.02 Å². The average Bonchev–Trinajstić information content (AvgIpc) is 2.95. The number of carbonyl (C=O) groups excluding carboxylic acids is 2. The van der Waals surface area contributed by atoms with Crippen LogP contribution in [0.1, 0.15) is 17.4 Å². The fourth-order valence-corrected chi connectivity index (χ4v) is 1.77. The van der Waals surface area contributed by atoms with E-state index in [1.165, 1.54) is 19.1 Å². The molecular formula is C14H12ClFN2O3. The van der Waals surface area contributed by atoms with Crippen molar-refractivity contribution in [2.75, 3.05) is 5.32 Å². The quantitative estimate of drug-likeness (QED) is 0.853. The van der Waals surface area contributed by atoms with Gasteiger partial charge in [-0.3, -0.25) is 4.79 Å². The minimum atomic E-state index is -1.03. The predicted molar refractivity (Wildman–Crippen MR) is 75.7 cm³/mol. The minimum absolute atomic E-state index is 0.0613. The number of hydrogen-bond acceptors (Lipinski definition) is 3. The lowest BCUT2D eigenvalue weighted by Crippen LogP contribution is -2.30.